The maximum Gasteiger partial charge on any atom is 0.243 e. The molecule has 1 aromatic rings. The number of rotatable bonds is 4. The molecule has 4 nitrogen and oxygen atoms in total. The third kappa shape index (κ3) is 3.56. The quantitative estimate of drug-likeness (QED) is 0.814. The van der Waals surface area contributed by atoms with Gasteiger partial charge in [0.05, 0.1) is 5.25 Å². The lowest BCUT2D eigenvalue weighted by atomic mass is 9.53. The van der Waals surface area contributed by atoms with Crippen LogP contribution in [-0.2, 0) is 16.0 Å². The third-order valence-electron chi connectivity index (χ3n) is 7.15. The van der Waals surface area contributed by atoms with Crippen LogP contribution in [0, 0.1) is 23.6 Å². The highest BCUT2D eigenvalue weighted by atomic mass is 32.2. The van der Waals surface area contributed by atoms with E-state index in [4.69, 9.17) is 0 Å². The number of nitrogens with one attached hydrogen (secondary N) is 2. The van der Waals surface area contributed by atoms with E-state index in [0.717, 1.165) is 42.6 Å². The summed E-state index contributed by atoms with van der Waals surface area (Å²) in [6.07, 6.45) is 7.94. The van der Waals surface area contributed by atoms with Crippen LogP contribution in [0.25, 0.3) is 0 Å². The maximum absolute atomic E-state index is 13.1. The summed E-state index contributed by atoms with van der Waals surface area (Å²) in [7, 11) is 0. The molecule has 5 fully saturated rings. The van der Waals surface area contributed by atoms with E-state index in [1.165, 1.54) is 43.2 Å². The normalized spacial score (nSPS) is 38.9. The van der Waals surface area contributed by atoms with Crippen molar-refractivity contribution in [1.29, 1.82) is 0 Å². The Morgan fingerprint density at radius 2 is 1.71 bits per heavy atom. The van der Waals surface area contributed by atoms with Crippen molar-refractivity contribution in [2.24, 2.45) is 17.8 Å². The van der Waals surface area contributed by atoms with Gasteiger partial charge in [-0.1, -0.05) is 12.1 Å². The molecule has 6 rings (SSSR count). The number of thioether (sulfide) groups is 1. The zero-order chi connectivity index (χ0) is 19.3. The van der Waals surface area contributed by atoms with Gasteiger partial charge in [0.1, 0.15) is 11.9 Å². The molecule has 150 valence electrons. The molecule has 2 N–H and O–H groups in total. The molecule has 1 saturated heterocycles. The summed E-state index contributed by atoms with van der Waals surface area (Å²) < 4.78 is 13.1. The van der Waals surface area contributed by atoms with Gasteiger partial charge in [-0.25, -0.2) is 4.39 Å². The molecule has 4 bridgehead atoms. The summed E-state index contributed by atoms with van der Waals surface area (Å²) in [5, 5.41) is 6.08. The lowest BCUT2D eigenvalue weighted by Crippen LogP contribution is -2.64. The van der Waals surface area contributed by atoms with Crippen molar-refractivity contribution >= 4 is 23.6 Å². The van der Waals surface area contributed by atoms with Gasteiger partial charge >= 0.3 is 0 Å². The van der Waals surface area contributed by atoms with Crippen molar-refractivity contribution in [3.8, 4) is 0 Å². The fourth-order valence-electron chi connectivity index (χ4n) is 6.33. The Hall–Kier alpha value is -1.56. The van der Waals surface area contributed by atoms with Crippen LogP contribution in [0.15, 0.2) is 24.3 Å². The summed E-state index contributed by atoms with van der Waals surface area (Å²) in [6, 6.07) is 5.82. The topological polar surface area (TPSA) is 58.2 Å². The van der Waals surface area contributed by atoms with E-state index in [2.05, 4.69) is 10.6 Å². The molecule has 6 heteroatoms. The fraction of sp³-hybridized carbons (Fsp3) is 0.636. The molecular weight excluding hydrogens is 375 g/mol. The monoisotopic (exact) mass is 402 g/mol. The van der Waals surface area contributed by atoms with E-state index in [9.17, 15) is 14.0 Å². The van der Waals surface area contributed by atoms with Gasteiger partial charge in [0.2, 0.25) is 11.8 Å². The van der Waals surface area contributed by atoms with Crippen LogP contribution in [0.5, 0.6) is 0 Å². The van der Waals surface area contributed by atoms with Crippen molar-refractivity contribution in [2.75, 3.05) is 5.75 Å². The first-order valence-corrected chi connectivity index (χ1v) is 11.5. The minimum Gasteiger partial charge on any atom is -0.349 e. The van der Waals surface area contributed by atoms with Crippen LogP contribution in [0.4, 0.5) is 4.39 Å². The van der Waals surface area contributed by atoms with Gasteiger partial charge in [0.15, 0.2) is 0 Å². The number of carbonyl (C=O) groups is 2. The van der Waals surface area contributed by atoms with E-state index in [1.54, 1.807) is 12.1 Å². The molecule has 2 atom stereocenters. The lowest BCUT2D eigenvalue weighted by Gasteiger charge is -2.57. The summed E-state index contributed by atoms with van der Waals surface area (Å²) in [5.74, 6) is 2.56. The predicted octanol–water partition coefficient (Wildman–Crippen LogP) is 3.05. The van der Waals surface area contributed by atoms with E-state index >= 15 is 0 Å². The molecular formula is C22H27FN2O2S. The number of benzene rings is 1. The SMILES string of the molecule is O=C(NC12CC3CC(CC(C3)C1)C2)[C@@H]1CS[C@H](Cc2ccc(F)cc2)C(=O)N1. The molecule has 4 aliphatic carbocycles. The van der Waals surface area contributed by atoms with Crippen LogP contribution in [0.3, 0.4) is 0 Å². The predicted molar refractivity (Wildman–Crippen MR) is 107 cm³/mol. The lowest BCUT2D eigenvalue weighted by molar-refractivity contribution is -0.132. The number of hydrogen-bond acceptors (Lipinski definition) is 3. The number of carbonyl (C=O) groups excluding carboxylic acids is 2. The van der Waals surface area contributed by atoms with Crippen molar-refractivity contribution < 1.29 is 14.0 Å². The van der Waals surface area contributed by atoms with Gasteiger partial charge in [-0.05, 0) is 80.4 Å². The minimum absolute atomic E-state index is 0.0111. The van der Waals surface area contributed by atoms with E-state index < -0.39 is 6.04 Å². The molecule has 0 unspecified atom stereocenters. The van der Waals surface area contributed by atoms with Crippen LogP contribution in [0.2, 0.25) is 0 Å². The highest BCUT2D eigenvalue weighted by molar-refractivity contribution is 8.00. The first-order chi connectivity index (χ1) is 13.5. The van der Waals surface area contributed by atoms with E-state index in [0.29, 0.717) is 12.2 Å². The molecule has 1 heterocycles. The van der Waals surface area contributed by atoms with Gasteiger partial charge < -0.3 is 10.6 Å². The summed E-state index contributed by atoms with van der Waals surface area (Å²) >= 11 is 1.53. The Labute approximate surface area is 169 Å². The zero-order valence-corrected chi connectivity index (χ0v) is 16.8. The van der Waals surface area contributed by atoms with Gasteiger partial charge in [-0.2, -0.15) is 0 Å². The summed E-state index contributed by atoms with van der Waals surface area (Å²) in [4.78, 5) is 25.5. The highest BCUT2D eigenvalue weighted by Crippen LogP contribution is 2.55. The number of halogens is 1. The standard InChI is InChI=1S/C22H27FN2O2S/c23-17-3-1-13(2-4-17)8-19-21(27)24-18(12-28-19)20(26)25-22-9-14-5-15(10-22)7-16(6-14)11-22/h1-4,14-16,18-19H,5-12H2,(H,24,27)(H,25,26)/t14?,15?,16?,18-,19+,22?/m0/s1. The number of amides is 2. The molecule has 4 saturated carbocycles. The Balaban J connectivity index is 1.19. The second-order valence-corrected chi connectivity index (χ2v) is 10.6. The average molecular weight is 403 g/mol. The largest absolute Gasteiger partial charge is 0.349 e. The second-order valence-electron chi connectivity index (χ2n) is 9.40. The van der Waals surface area contributed by atoms with Gasteiger partial charge in [-0.15, -0.1) is 11.8 Å². The number of hydrogen-bond donors (Lipinski definition) is 2. The Morgan fingerprint density at radius 3 is 2.29 bits per heavy atom. The average Bonchev–Trinajstić information content (AvgIpc) is 2.63. The van der Waals surface area contributed by atoms with Gasteiger partial charge in [0.25, 0.3) is 0 Å². The summed E-state index contributed by atoms with van der Waals surface area (Å²) in [5.41, 5.74) is 0.914. The van der Waals surface area contributed by atoms with Crippen LogP contribution >= 0.6 is 11.8 Å². The molecule has 0 aromatic heterocycles. The van der Waals surface area contributed by atoms with E-state index in [1.807, 2.05) is 0 Å². The maximum atomic E-state index is 13.1. The Morgan fingerprint density at radius 1 is 1.11 bits per heavy atom. The molecule has 0 spiro atoms. The van der Waals surface area contributed by atoms with E-state index in [-0.39, 0.29) is 28.4 Å². The van der Waals surface area contributed by atoms with Crippen molar-refractivity contribution in [3.63, 3.8) is 0 Å². The fourth-order valence-corrected chi connectivity index (χ4v) is 7.52. The van der Waals surface area contributed by atoms with Gasteiger partial charge in [-0.3, -0.25) is 9.59 Å². The third-order valence-corrected chi connectivity index (χ3v) is 8.46. The van der Waals surface area contributed by atoms with Crippen molar-refractivity contribution in [1.82, 2.24) is 10.6 Å². The zero-order valence-electron chi connectivity index (χ0n) is 16.0. The van der Waals surface area contributed by atoms with Crippen molar-refractivity contribution in [2.45, 2.75) is 61.8 Å². The Kier molecular flexibility index (Phi) is 4.65. The van der Waals surface area contributed by atoms with Crippen LogP contribution in [-0.4, -0.2) is 34.4 Å². The Bertz CT molecular complexity index is 746. The van der Waals surface area contributed by atoms with Crippen LogP contribution in [0.1, 0.15) is 44.1 Å². The first kappa shape index (κ1) is 18.5. The molecule has 5 aliphatic rings. The minimum atomic E-state index is -0.449. The van der Waals surface area contributed by atoms with Crippen LogP contribution < -0.4 is 10.6 Å². The summed E-state index contributed by atoms with van der Waals surface area (Å²) in [6.45, 7) is 0. The molecule has 1 aliphatic heterocycles. The first-order valence-electron chi connectivity index (χ1n) is 10.5. The molecule has 1 aromatic carbocycles. The van der Waals surface area contributed by atoms with Gasteiger partial charge in [0, 0.05) is 11.3 Å². The smallest absolute Gasteiger partial charge is 0.243 e. The molecule has 0 radical (unpaired) electrons. The second kappa shape index (κ2) is 7.05. The molecule has 28 heavy (non-hydrogen) atoms. The van der Waals surface area contributed by atoms with Crippen molar-refractivity contribution in [3.05, 3.63) is 35.6 Å². The molecule has 2 amide bonds. The highest BCUT2D eigenvalue weighted by Gasteiger charge is 2.52.